The number of nitrogens with one attached hydrogen (secondary N) is 1. The summed E-state index contributed by atoms with van der Waals surface area (Å²) in [6, 6.07) is -0.208. The number of hydrogen-bond acceptors (Lipinski definition) is 4. The van der Waals surface area contributed by atoms with Crippen LogP contribution in [0.25, 0.3) is 0 Å². The van der Waals surface area contributed by atoms with Crippen molar-refractivity contribution in [3.63, 3.8) is 0 Å². The van der Waals surface area contributed by atoms with E-state index in [-0.39, 0.29) is 12.0 Å². The van der Waals surface area contributed by atoms with Gasteiger partial charge in [-0.3, -0.25) is 4.79 Å². The maximum Gasteiger partial charge on any atom is 0.323 e. The summed E-state index contributed by atoms with van der Waals surface area (Å²) in [5.41, 5.74) is 0. The molecule has 0 aliphatic carbocycles. The maximum absolute atomic E-state index is 11.5. The molecule has 0 aromatic carbocycles. The number of carbonyl (C=O) groups is 1. The predicted octanol–water partition coefficient (Wildman–Crippen LogP) is 1.20. The number of esters is 1. The average Bonchev–Trinajstić information content (AvgIpc) is 2.27. The lowest BCUT2D eigenvalue weighted by atomic mass is 9.94. The molecule has 0 aliphatic heterocycles. The molecular weight excluding hydrogens is 194 g/mol. The molecule has 1 N–H and O–H groups in total. The summed E-state index contributed by atoms with van der Waals surface area (Å²) >= 11 is 0. The Hall–Kier alpha value is -0.610. The molecule has 0 spiro atoms. The van der Waals surface area contributed by atoms with Crippen LogP contribution in [-0.4, -0.2) is 39.4 Å². The molecule has 90 valence electrons. The largest absolute Gasteiger partial charge is 0.468 e. The van der Waals surface area contributed by atoms with E-state index in [4.69, 9.17) is 9.47 Å². The third-order valence-corrected chi connectivity index (χ3v) is 2.65. The highest BCUT2D eigenvalue weighted by molar-refractivity contribution is 5.76. The van der Waals surface area contributed by atoms with Gasteiger partial charge in [-0.2, -0.15) is 0 Å². The summed E-state index contributed by atoms with van der Waals surface area (Å²) < 4.78 is 9.72. The summed E-state index contributed by atoms with van der Waals surface area (Å²) in [5, 5.41) is 3.17. The van der Waals surface area contributed by atoms with E-state index in [0.29, 0.717) is 19.1 Å². The van der Waals surface area contributed by atoms with Gasteiger partial charge >= 0.3 is 5.97 Å². The van der Waals surface area contributed by atoms with Gasteiger partial charge in [0.05, 0.1) is 13.7 Å². The van der Waals surface area contributed by atoms with Gasteiger partial charge in [0, 0.05) is 13.7 Å². The van der Waals surface area contributed by atoms with Crippen LogP contribution in [-0.2, 0) is 14.3 Å². The molecule has 0 saturated carbocycles. The Balaban J connectivity index is 4.22. The van der Waals surface area contributed by atoms with E-state index in [1.807, 2.05) is 0 Å². The van der Waals surface area contributed by atoms with Crippen LogP contribution in [0, 0.1) is 5.92 Å². The third kappa shape index (κ3) is 5.14. The molecule has 1 unspecified atom stereocenters. The fourth-order valence-corrected chi connectivity index (χ4v) is 1.65. The van der Waals surface area contributed by atoms with Crippen molar-refractivity contribution in [2.45, 2.75) is 32.7 Å². The molecule has 0 amide bonds. The smallest absolute Gasteiger partial charge is 0.323 e. The van der Waals surface area contributed by atoms with Crippen LogP contribution < -0.4 is 5.32 Å². The van der Waals surface area contributed by atoms with Gasteiger partial charge in [0.15, 0.2) is 0 Å². The second-order valence-electron chi connectivity index (χ2n) is 3.52. The first-order chi connectivity index (χ1) is 7.21. The van der Waals surface area contributed by atoms with Crippen molar-refractivity contribution >= 4 is 5.97 Å². The second kappa shape index (κ2) is 8.68. The fourth-order valence-electron chi connectivity index (χ4n) is 1.65. The first-order valence-electron chi connectivity index (χ1n) is 5.51. The molecule has 0 saturated heterocycles. The Morgan fingerprint density at radius 1 is 1.27 bits per heavy atom. The Morgan fingerprint density at radius 2 is 1.87 bits per heavy atom. The molecule has 0 aromatic rings. The van der Waals surface area contributed by atoms with Crippen molar-refractivity contribution in [1.29, 1.82) is 0 Å². The lowest BCUT2D eigenvalue weighted by molar-refractivity contribution is -0.144. The Kier molecular flexibility index (Phi) is 8.33. The molecular formula is C11H23NO3. The van der Waals surface area contributed by atoms with Gasteiger partial charge in [-0.25, -0.2) is 0 Å². The van der Waals surface area contributed by atoms with Crippen LogP contribution in [0.5, 0.6) is 0 Å². The van der Waals surface area contributed by atoms with Gasteiger partial charge in [-0.1, -0.05) is 26.7 Å². The first-order valence-corrected chi connectivity index (χ1v) is 5.51. The number of methoxy groups -OCH3 is 2. The van der Waals surface area contributed by atoms with Gasteiger partial charge in [-0.05, 0) is 5.92 Å². The Bertz CT molecular complexity index is 169. The van der Waals surface area contributed by atoms with Crippen molar-refractivity contribution in [2.24, 2.45) is 5.92 Å². The molecule has 0 aromatic heterocycles. The first kappa shape index (κ1) is 14.4. The van der Waals surface area contributed by atoms with E-state index < -0.39 is 0 Å². The van der Waals surface area contributed by atoms with Crippen molar-refractivity contribution in [1.82, 2.24) is 5.32 Å². The molecule has 0 rings (SSSR count). The topological polar surface area (TPSA) is 47.6 Å². The standard InChI is InChI=1S/C11H23NO3/c1-5-9(6-2)10(11(13)15-4)12-7-8-14-3/h9-10,12H,5-8H2,1-4H3. The quantitative estimate of drug-likeness (QED) is 0.490. The highest BCUT2D eigenvalue weighted by Gasteiger charge is 2.25. The lowest BCUT2D eigenvalue weighted by Gasteiger charge is -2.23. The third-order valence-electron chi connectivity index (χ3n) is 2.65. The Labute approximate surface area is 92.3 Å². The SMILES string of the molecule is CCC(CC)C(NCCOC)C(=O)OC. The van der Waals surface area contributed by atoms with Crippen LogP contribution in [0.3, 0.4) is 0 Å². The Morgan fingerprint density at radius 3 is 2.27 bits per heavy atom. The van der Waals surface area contributed by atoms with Crippen LogP contribution in [0.2, 0.25) is 0 Å². The summed E-state index contributed by atoms with van der Waals surface area (Å²) in [6.07, 6.45) is 1.94. The normalized spacial score (nSPS) is 12.9. The number of rotatable bonds is 8. The van der Waals surface area contributed by atoms with Gasteiger partial charge in [0.1, 0.15) is 6.04 Å². The summed E-state index contributed by atoms with van der Waals surface area (Å²) in [7, 11) is 3.07. The average molecular weight is 217 g/mol. The highest BCUT2D eigenvalue weighted by Crippen LogP contribution is 2.14. The summed E-state index contributed by atoms with van der Waals surface area (Å²) in [4.78, 5) is 11.5. The molecule has 0 aliphatic rings. The zero-order chi connectivity index (χ0) is 11.7. The minimum Gasteiger partial charge on any atom is -0.468 e. The number of ether oxygens (including phenoxy) is 2. The molecule has 0 fully saturated rings. The summed E-state index contributed by atoms with van der Waals surface area (Å²) in [6.45, 7) is 5.45. The molecule has 4 nitrogen and oxygen atoms in total. The van der Waals surface area contributed by atoms with Gasteiger partial charge < -0.3 is 14.8 Å². The molecule has 15 heavy (non-hydrogen) atoms. The van der Waals surface area contributed by atoms with Gasteiger partial charge in [0.2, 0.25) is 0 Å². The van der Waals surface area contributed by atoms with E-state index in [0.717, 1.165) is 12.8 Å². The van der Waals surface area contributed by atoms with Crippen molar-refractivity contribution in [2.75, 3.05) is 27.4 Å². The van der Waals surface area contributed by atoms with E-state index in [9.17, 15) is 4.79 Å². The molecule has 1 atom stereocenters. The number of carbonyl (C=O) groups excluding carboxylic acids is 1. The van der Waals surface area contributed by atoms with Crippen molar-refractivity contribution in [3.8, 4) is 0 Å². The van der Waals surface area contributed by atoms with E-state index >= 15 is 0 Å². The zero-order valence-electron chi connectivity index (χ0n) is 10.2. The lowest BCUT2D eigenvalue weighted by Crippen LogP contribution is -2.44. The maximum atomic E-state index is 11.5. The van der Waals surface area contributed by atoms with Gasteiger partial charge in [0.25, 0.3) is 0 Å². The van der Waals surface area contributed by atoms with E-state index in [1.165, 1.54) is 7.11 Å². The highest BCUT2D eigenvalue weighted by atomic mass is 16.5. The molecule has 0 radical (unpaired) electrons. The second-order valence-corrected chi connectivity index (χ2v) is 3.52. The van der Waals surface area contributed by atoms with Crippen molar-refractivity contribution in [3.05, 3.63) is 0 Å². The molecule has 0 bridgehead atoms. The van der Waals surface area contributed by atoms with Crippen LogP contribution in [0.1, 0.15) is 26.7 Å². The van der Waals surface area contributed by atoms with Crippen LogP contribution in [0.4, 0.5) is 0 Å². The van der Waals surface area contributed by atoms with Gasteiger partial charge in [-0.15, -0.1) is 0 Å². The van der Waals surface area contributed by atoms with Crippen molar-refractivity contribution < 1.29 is 14.3 Å². The van der Waals surface area contributed by atoms with E-state index in [1.54, 1.807) is 7.11 Å². The van der Waals surface area contributed by atoms with Crippen LogP contribution in [0.15, 0.2) is 0 Å². The molecule has 0 heterocycles. The molecule has 4 heteroatoms. The minimum atomic E-state index is -0.208. The zero-order valence-corrected chi connectivity index (χ0v) is 10.2. The van der Waals surface area contributed by atoms with Crippen LogP contribution >= 0.6 is 0 Å². The van der Waals surface area contributed by atoms with E-state index in [2.05, 4.69) is 19.2 Å². The number of hydrogen-bond donors (Lipinski definition) is 1. The predicted molar refractivity (Wildman–Crippen MR) is 59.8 cm³/mol. The fraction of sp³-hybridized carbons (Fsp3) is 0.909. The minimum absolute atomic E-state index is 0.181. The summed E-state index contributed by atoms with van der Waals surface area (Å²) in [5.74, 6) is 0.147. The monoisotopic (exact) mass is 217 g/mol.